The minimum Gasteiger partial charge on any atom is -0.486 e. The molecule has 1 N–H and O–H groups in total. The van der Waals surface area contributed by atoms with Crippen molar-refractivity contribution in [2.24, 2.45) is 0 Å². The first-order valence-electron chi connectivity index (χ1n) is 6.34. The second-order valence-corrected chi connectivity index (χ2v) is 4.15. The summed E-state index contributed by atoms with van der Waals surface area (Å²) in [6, 6.07) is 7.61. The van der Waals surface area contributed by atoms with Gasteiger partial charge in [-0.05, 0) is 31.2 Å². The standard InChI is InChI=1S/C14H15N3O2/c1-2-15-13-5-6-16-14(17-13)10-3-4-11-12(9-10)19-8-7-18-11/h3-6,9H,2,7-8H2,1H3,(H,15,16,17). The van der Waals surface area contributed by atoms with E-state index in [0.717, 1.165) is 29.4 Å². The van der Waals surface area contributed by atoms with Gasteiger partial charge in [-0.25, -0.2) is 9.97 Å². The van der Waals surface area contributed by atoms with Gasteiger partial charge >= 0.3 is 0 Å². The van der Waals surface area contributed by atoms with Crippen molar-refractivity contribution in [3.05, 3.63) is 30.5 Å². The molecule has 2 heterocycles. The maximum atomic E-state index is 5.57. The number of ether oxygens (including phenoxy) is 2. The van der Waals surface area contributed by atoms with Crippen LogP contribution in [-0.2, 0) is 0 Å². The third-order valence-electron chi connectivity index (χ3n) is 2.81. The van der Waals surface area contributed by atoms with E-state index in [9.17, 15) is 0 Å². The lowest BCUT2D eigenvalue weighted by Gasteiger charge is -2.18. The molecular weight excluding hydrogens is 242 g/mol. The van der Waals surface area contributed by atoms with Gasteiger partial charge in [0.1, 0.15) is 19.0 Å². The highest BCUT2D eigenvalue weighted by molar-refractivity contribution is 5.62. The monoisotopic (exact) mass is 257 g/mol. The third-order valence-corrected chi connectivity index (χ3v) is 2.81. The number of nitrogens with one attached hydrogen (secondary N) is 1. The highest BCUT2D eigenvalue weighted by Crippen LogP contribution is 2.33. The van der Waals surface area contributed by atoms with Gasteiger partial charge in [0.2, 0.25) is 0 Å². The molecule has 1 aromatic heterocycles. The molecule has 1 aromatic carbocycles. The summed E-state index contributed by atoms with van der Waals surface area (Å²) < 4.78 is 11.1. The second-order valence-electron chi connectivity index (χ2n) is 4.15. The van der Waals surface area contributed by atoms with Crippen LogP contribution in [0, 0.1) is 0 Å². The quantitative estimate of drug-likeness (QED) is 0.914. The SMILES string of the molecule is CCNc1ccnc(-c2ccc3c(c2)OCCO3)n1. The molecule has 0 saturated heterocycles. The molecule has 0 fully saturated rings. The van der Waals surface area contributed by atoms with Crippen LogP contribution in [0.15, 0.2) is 30.5 Å². The summed E-state index contributed by atoms with van der Waals surface area (Å²) in [5, 5.41) is 3.17. The summed E-state index contributed by atoms with van der Waals surface area (Å²) >= 11 is 0. The van der Waals surface area contributed by atoms with Crippen molar-refractivity contribution < 1.29 is 9.47 Å². The Kier molecular flexibility index (Phi) is 3.18. The molecule has 0 amide bonds. The molecule has 0 bridgehead atoms. The number of hydrogen-bond acceptors (Lipinski definition) is 5. The lowest BCUT2D eigenvalue weighted by Crippen LogP contribution is -2.15. The number of nitrogens with zero attached hydrogens (tertiary/aromatic N) is 2. The molecule has 5 heteroatoms. The van der Waals surface area contributed by atoms with E-state index in [1.165, 1.54) is 0 Å². The Morgan fingerprint density at radius 2 is 2.00 bits per heavy atom. The Bertz CT molecular complexity index is 587. The Balaban J connectivity index is 1.95. The number of hydrogen-bond donors (Lipinski definition) is 1. The zero-order chi connectivity index (χ0) is 13.1. The van der Waals surface area contributed by atoms with Crippen LogP contribution in [0.25, 0.3) is 11.4 Å². The maximum Gasteiger partial charge on any atom is 0.162 e. The molecule has 98 valence electrons. The highest BCUT2D eigenvalue weighted by atomic mass is 16.6. The Morgan fingerprint density at radius 3 is 2.84 bits per heavy atom. The average molecular weight is 257 g/mol. The summed E-state index contributed by atoms with van der Waals surface area (Å²) in [5.74, 6) is 3.02. The molecule has 0 spiro atoms. The number of rotatable bonds is 3. The molecule has 0 atom stereocenters. The fourth-order valence-corrected chi connectivity index (χ4v) is 1.96. The predicted molar refractivity (Wildman–Crippen MR) is 72.6 cm³/mol. The number of aromatic nitrogens is 2. The Hall–Kier alpha value is -2.30. The Morgan fingerprint density at radius 1 is 1.16 bits per heavy atom. The van der Waals surface area contributed by atoms with Gasteiger partial charge in [0.05, 0.1) is 0 Å². The van der Waals surface area contributed by atoms with Crippen LogP contribution < -0.4 is 14.8 Å². The first kappa shape index (κ1) is 11.8. The summed E-state index contributed by atoms with van der Waals surface area (Å²) in [5.41, 5.74) is 0.920. The lowest BCUT2D eigenvalue weighted by molar-refractivity contribution is 0.171. The molecule has 5 nitrogen and oxygen atoms in total. The fraction of sp³-hybridized carbons (Fsp3) is 0.286. The normalized spacial score (nSPS) is 13.1. The number of fused-ring (bicyclic) bond motifs is 1. The van der Waals surface area contributed by atoms with Gasteiger partial charge in [0.15, 0.2) is 17.3 Å². The van der Waals surface area contributed by atoms with E-state index in [2.05, 4.69) is 15.3 Å². The Labute approximate surface area is 111 Å². The summed E-state index contributed by atoms with van der Waals surface area (Å²) in [7, 11) is 0. The van der Waals surface area contributed by atoms with Crippen molar-refractivity contribution in [2.75, 3.05) is 25.1 Å². The molecule has 0 unspecified atom stereocenters. The smallest absolute Gasteiger partial charge is 0.162 e. The topological polar surface area (TPSA) is 56.3 Å². The van der Waals surface area contributed by atoms with Crippen LogP contribution in [0.4, 0.5) is 5.82 Å². The van der Waals surface area contributed by atoms with E-state index in [1.54, 1.807) is 6.20 Å². The van der Waals surface area contributed by atoms with E-state index in [-0.39, 0.29) is 0 Å². The van der Waals surface area contributed by atoms with Gasteiger partial charge in [-0.3, -0.25) is 0 Å². The molecule has 1 aliphatic heterocycles. The van der Waals surface area contributed by atoms with E-state index in [4.69, 9.17) is 9.47 Å². The first-order chi connectivity index (χ1) is 9.36. The van der Waals surface area contributed by atoms with Crippen LogP contribution in [0.3, 0.4) is 0 Å². The fourth-order valence-electron chi connectivity index (χ4n) is 1.96. The van der Waals surface area contributed by atoms with Gasteiger partial charge < -0.3 is 14.8 Å². The van der Waals surface area contributed by atoms with E-state index >= 15 is 0 Å². The van der Waals surface area contributed by atoms with E-state index in [0.29, 0.717) is 19.0 Å². The van der Waals surface area contributed by atoms with Gasteiger partial charge in [-0.2, -0.15) is 0 Å². The number of benzene rings is 1. The van der Waals surface area contributed by atoms with Crippen molar-refractivity contribution in [3.8, 4) is 22.9 Å². The first-order valence-corrected chi connectivity index (χ1v) is 6.34. The molecule has 0 aliphatic carbocycles. The summed E-state index contributed by atoms with van der Waals surface area (Å²) in [6.07, 6.45) is 1.75. The van der Waals surface area contributed by atoms with Gasteiger partial charge in [0.25, 0.3) is 0 Å². The molecular formula is C14H15N3O2. The molecule has 0 saturated carbocycles. The van der Waals surface area contributed by atoms with Crippen LogP contribution >= 0.6 is 0 Å². The van der Waals surface area contributed by atoms with Gasteiger partial charge in [-0.15, -0.1) is 0 Å². The minimum absolute atomic E-state index is 0.578. The second kappa shape index (κ2) is 5.14. The minimum atomic E-state index is 0.578. The molecule has 3 rings (SSSR count). The summed E-state index contributed by atoms with van der Waals surface area (Å²) in [6.45, 7) is 4.04. The third kappa shape index (κ3) is 2.45. The van der Waals surface area contributed by atoms with Crippen molar-refractivity contribution >= 4 is 5.82 Å². The number of anilines is 1. The van der Waals surface area contributed by atoms with Crippen LogP contribution in [0.2, 0.25) is 0 Å². The van der Waals surface area contributed by atoms with Crippen molar-refractivity contribution in [1.82, 2.24) is 9.97 Å². The van der Waals surface area contributed by atoms with Crippen LogP contribution in [0.5, 0.6) is 11.5 Å². The van der Waals surface area contributed by atoms with Crippen LogP contribution in [0.1, 0.15) is 6.92 Å². The van der Waals surface area contributed by atoms with Gasteiger partial charge in [0, 0.05) is 18.3 Å². The van der Waals surface area contributed by atoms with E-state index in [1.807, 2.05) is 31.2 Å². The predicted octanol–water partition coefficient (Wildman–Crippen LogP) is 2.35. The molecule has 19 heavy (non-hydrogen) atoms. The zero-order valence-electron chi connectivity index (χ0n) is 10.7. The lowest BCUT2D eigenvalue weighted by atomic mass is 10.2. The van der Waals surface area contributed by atoms with Crippen molar-refractivity contribution in [3.63, 3.8) is 0 Å². The average Bonchev–Trinajstić information content (AvgIpc) is 2.47. The molecule has 1 aliphatic rings. The highest BCUT2D eigenvalue weighted by Gasteiger charge is 2.13. The van der Waals surface area contributed by atoms with Gasteiger partial charge in [-0.1, -0.05) is 0 Å². The maximum absolute atomic E-state index is 5.57. The van der Waals surface area contributed by atoms with Crippen molar-refractivity contribution in [2.45, 2.75) is 6.92 Å². The largest absolute Gasteiger partial charge is 0.486 e. The van der Waals surface area contributed by atoms with E-state index < -0.39 is 0 Å². The zero-order valence-corrected chi connectivity index (χ0v) is 10.7. The summed E-state index contributed by atoms with van der Waals surface area (Å²) in [4.78, 5) is 8.76. The molecule has 2 aromatic rings. The van der Waals surface area contributed by atoms with Crippen LogP contribution in [-0.4, -0.2) is 29.7 Å². The molecule has 0 radical (unpaired) electrons. The van der Waals surface area contributed by atoms with Crippen molar-refractivity contribution in [1.29, 1.82) is 0 Å².